The van der Waals surface area contributed by atoms with Crippen molar-refractivity contribution >= 4 is 17.5 Å². The highest BCUT2D eigenvalue weighted by atomic mass is 32.2. The summed E-state index contributed by atoms with van der Waals surface area (Å²) in [7, 11) is 0. The van der Waals surface area contributed by atoms with Crippen LogP contribution >= 0.6 is 11.8 Å². The van der Waals surface area contributed by atoms with Crippen LogP contribution in [-0.4, -0.2) is 11.5 Å². The Labute approximate surface area is 109 Å². The molecule has 0 amide bonds. The lowest BCUT2D eigenvalue weighted by Crippen LogP contribution is -1.98. The number of rotatable bonds is 7. The Morgan fingerprint density at radius 3 is 2.41 bits per heavy atom. The maximum Gasteiger partial charge on any atom is 0.162 e. The fraction of sp³-hybridized carbons (Fsp3) is 0.533. The number of carbonyl (C=O) groups excluding carboxylic acids is 1. The van der Waals surface area contributed by atoms with Gasteiger partial charge in [-0.25, -0.2) is 0 Å². The van der Waals surface area contributed by atoms with E-state index in [9.17, 15) is 4.79 Å². The molecule has 1 aromatic rings. The van der Waals surface area contributed by atoms with Crippen LogP contribution in [0, 0.1) is 5.92 Å². The predicted molar refractivity (Wildman–Crippen MR) is 75.9 cm³/mol. The number of unbranched alkanes of at least 4 members (excludes halogenated alkanes) is 1. The summed E-state index contributed by atoms with van der Waals surface area (Å²) in [4.78, 5) is 13.0. The quantitative estimate of drug-likeness (QED) is 0.510. The van der Waals surface area contributed by atoms with Crippen LogP contribution < -0.4 is 0 Å². The van der Waals surface area contributed by atoms with Gasteiger partial charge in [0, 0.05) is 22.6 Å². The average Bonchev–Trinajstić information content (AvgIpc) is 2.34. The Kier molecular flexibility index (Phi) is 6.35. The Bertz CT molecular complexity index is 340. The van der Waals surface area contributed by atoms with Crippen LogP contribution in [0.2, 0.25) is 0 Å². The summed E-state index contributed by atoms with van der Waals surface area (Å²) < 4.78 is 0. The molecule has 0 saturated carbocycles. The van der Waals surface area contributed by atoms with Crippen LogP contribution in [0.25, 0.3) is 0 Å². The first kappa shape index (κ1) is 14.3. The lowest BCUT2D eigenvalue weighted by Gasteiger charge is -2.05. The number of Topliss-reactive ketones (excluding diaryl/α,β-unsaturated/α-hetero) is 1. The van der Waals surface area contributed by atoms with Crippen LogP contribution in [0.5, 0.6) is 0 Å². The van der Waals surface area contributed by atoms with E-state index in [1.807, 2.05) is 23.9 Å². The summed E-state index contributed by atoms with van der Waals surface area (Å²) >= 11 is 1.86. The molecule has 0 heterocycles. The van der Waals surface area contributed by atoms with Crippen LogP contribution in [0.4, 0.5) is 0 Å². The van der Waals surface area contributed by atoms with E-state index in [0.29, 0.717) is 12.3 Å². The van der Waals surface area contributed by atoms with Crippen molar-refractivity contribution in [2.24, 2.45) is 5.92 Å². The zero-order chi connectivity index (χ0) is 12.7. The van der Waals surface area contributed by atoms with Crippen molar-refractivity contribution in [1.82, 2.24) is 0 Å². The number of hydrogen-bond donors (Lipinski definition) is 0. The second-order valence-electron chi connectivity index (χ2n) is 4.76. The molecule has 2 heteroatoms. The summed E-state index contributed by atoms with van der Waals surface area (Å²) in [6, 6.07) is 8.04. The molecule has 0 unspecified atom stereocenters. The van der Waals surface area contributed by atoms with Gasteiger partial charge in [-0.1, -0.05) is 39.3 Å². The van der Waals surface area contributed by atoms with Crippen molar-refractivity contribution in [1.29, 1.82) is 0 Å². The number of carbonyl (C=O) groups is 1. The van der Waals surface area contributed by atoms with Crippen molar-refractivity contribution < 1.29 is 4.79 Å². The van der Waals surface area contributed by atoms with Crippen molar-refractivity contribution in [2.45, 2.75) is 44.9 Å². The molecule has 0 spiro atoms. The number of thioether (sulfide) groups is 1. The molecule has 17 heavy (non-hydrogen) atoms. The zero-order valence-corrected chi connectivity index (χ0v) is 11.8. The summed E-state index contributed by atoms with van der Waals surface area (Å²) in [5.41, 5.74) is 0.854. The van der Waals surface area contributed by atoms with Gasteiger partial charge in [0.05, 0.1) is 0 Å². The molecule has 0 aliphatic heterocycles. The Balaban J connectivity index is 2.52. The van der Waals surface area contributed by atoms with Gasteiger partial charge in [0.15, 0.2) is 5.78 Å². The molecule has 0 bridgehead atoms. The SMILES string of the molecule is CCCCC(=O)c1ccc(SCC(C)C)cc1. The van der Waals surface area contributed by atoms with E-state index in [1.165, 1.54) is 4.90 Å². The third kappa shape index (κ3) is 5.40. The molecule has 0 N–H and O–H groups in total. The molecule has 0 fully saturated rings. The minimum absolute atomic E-state index is 0.271. The Morgan fingerprint density at radius 2 is 1.88 bits per heavy atom. The van der Waals surface area contributed by atoms with Crippen LogP contribution in [0.3, 0.4) is 0 Å². The van der Waals surface area contributed by atoms with Gasteiger partial charge in [-0.3, -0.25) is 4.79 Å². The summed E-state index contributed by atoms with van der Waals surface area (Å²) in [5, 5.41) is 0. The molecule has 1 rings (SSSR count). The molecule has 0 atom stereocenters. The van der Waals surface area contributed by atoms with Gasteiger partial charge >= 0.3 is 0 Å². The topological polar surface area (TPSA) is 17.1 Å². The van der Waals surface area contributed by atoms with Gasteiger partial charge in [-0.15, -0.1) is 11.8 Å². The maximum atomic E-state index is 11.8. The minimum atomic E-state index is 0.271. The Hall–Kier alpha value is -0.760. The van der Waals surface area contributed by atoms with E-state index in [4.69, 9.17) is 0 Å². The molecule has 1 aromatic carbocycles. The molecular formula is C15H22OS. The third-order valence-corrected chi connectivity index (χ3v) is 3.96. The fourth-order valence-corrected chi connectivity index (χ4v) is 2.34. The van der Waals surface area contributed by atoms with Gasteiger partial charge in [-0.05, 0) is 24.5 Å². The van der Waals surface area contributed by atoms with E-state index < -0.39 is 0 Å². The van der Waals surface area contributed by atoms with Gasteiger partial charge in [0.2, 0.25) is 0 Å². The van der Waals surface area contributed by atoms with E-state index in [0.717, 1.165) is 24.2 Å². The minimum Gasteiger partial charge on any atom is -0.294 e. The van der Waals surface area contributed by atoms with Gasteiger partial charge < -0.3 is 0 Å². The van der Waals surface area contributed by atoms with Crippen molar-refractivity contribution in [3.63, 3.8) is 0 Å². The average molecular weight is 250 g/mol. The first-order valence-electron chi connectivity index (χ1n) is 6.39. The van der Waals surface area contributed by atoms with Crippen molar-refractivity contribution in [3.8, 4) is 0 Å². The number of hydrogen-bond acceptors (Lipinski definition) is 2. The van der Waals surface area contributed by atoms with Gasteiger partial charge in [-0.2, -0.15) is 0 Å². The Morgan fingerprint density at radius 1 is 1.24 bits per heavy atom. The molecule has 0 radical (unpaired) electrons. The first-order valence-corrected chi connectivity index (χ1v) is 7.38. The molecule has 94 valence electrons. The standard InChI is InChI=1S/C15H22OS/c1-4-5-6-15(16)13-7-9-14(10-8-13)17-11-12(2)3/h7-10,12H,4-6,11H2,1-3H3. The van der Waals surface area contributed by atoms with E-state index in [2.05, 4.69) is 32.9 Å². The highest BCUT2D eigenvalue weighted by Crippen LogP contribution is 2.21. The molecule has 0 aliphatic carbocycles. The van der Waals surface area contributed by atoms with E-state index >= 15 is 0 Å². The lowest BCUT2D eigenvalue weighted by atomic mass is 10.1. The fourth-order valence-electron chi connectivity index (χ4n) is 1.48. The second-order valence-corrected chi connectivity index (χ2v) is 5.85. The van der Waals surface area contributed by atoms with Gasteiger partial charge in [0.25, 0.3) is 0 Å². The predicted octanol–water partition coefficient (Wildman–Crippen LogP) is 4.81. The van der Waals surface area contributed by atoms with Crippen LogP contribution in [0.1, 0.15) is 50.4 Å². The van der Waals surface area contributed by atoms with Crippen molar-refractivity contribution in [3.05, 3.63) is 29.8 Å². The summed E-state index contributed by atoms with van der Waals surface area (Å²) in [6.45, 7) is 6.55. The highest BCUT2D eigenvalue weighted by molar-refractivity contribution is 7.99. The molecule has 1 nitrogen and oxygen atoms in total. The van der Waals surface area contributed by atoms with Crippen LogP contribution in [-0.2, 0) is 0 Å². The third-order valence-electron chi connectivity index (χ3n) is 2.52. The zero-order valence-electron chi connectivity index (χ0n) is 11.0. The maximum absolute atomic E-state index is 11.8. The summed E-state index contributed by atoms with van der Waals surface area (Å²) in [5.74, 6) is 2.10. The van der Waals surface area contributed by atoms with Crippen molar-refractivity contribution in [2.75, 3.05) is 5.75 Å². The summed E-state index contributed by atoms with van der Waals surface area (Å²) in [6.07, 6.45) is 2.74. The van der Waals surface area contributed by atoms with Gasteiger partial charge in [0.1, 0.15) is 0 Å². The normalized spacial score (nSPS) is 10.8. The molecule has 0 saturated heterocycles. The second kappa shape index (κ2) is 7.54. The van der Waals surface area contributed by atoms with Crippen LogP contribution in [0.15, 0.2) is 29.2 Å². The monoisotopic (exact) mass is 250 g/mol. The largest absolute Gasteiger partial charge is 0.294 e. The number of ketones is 1. The smallest absolute Gasteiger partial charge is 0.162 e. The molecule has 0 aromatic heterocycles. The van der Waals surface area contributed by atoms with E-state index in [1.54, 1.807) is 0 Å². The van der Waals surface area contributed by atoms with E-state index in [-0.39, 0.29) is 5.78 Å². The molecular weight excluding hydrogens is 228 g/mol. The number of benzene rings is 1. The molecule has 0 aliphatic rings. The highest BCUT2D eigenvalue weighted by Gasteiger charge is 2.05. The lowest BCUT2D eigenvalue weighted by molar-refractivity contribution is 0.0979. The first-order chi connectivity index (χ1) is 8.13.